The second kappa shape index (κ2) is 5.42. The lowest BCUT2D eigenvalue weighted by Crippen LogP contribution is -1.93. The molecule has 0 atom stereocenters. The summed E-state index contributed by atoms with van der Waals surface area (Å²) in [7, 11) is 0. The van der Waals surface area contributed by atoms with Crippen molar-refractivity contribution < 1.29 is 9.66 Å². The van der Waals surface area contributed by atoms with E-state index in [0.717, 1.165) is 11.8 Å². The number of benzene rings is 1. The van der Waals surface area contributed by atoms with Crippen molar-refractivity contribution in [1.82, 2.24) is 4.98 Å². The fourth-order valence-electron chi connectivity index (χ4n) is 1.38. The molecule has 0 aliphatic heterocycles. The smallest absolute Gasteiger partial charge is 0.289 e. The average molecular weight is 299 g/mol. The highest BCUT2D eigenvalue weighted by molar-refractivity contribution is 6.32. The number of hydrogen-bond acceptors (Lipinski definition) is 4. The molecule has 0 radical (unpaired) electrons. The Hall–Kier alpha value is -1.85. The Labute approximate surface area is 118 Å². The largest absolute Gasteiger partial charge is 0.436 e. The summed E-state index contributed by atoms with van der Waals surface area (Å²) < 4.78 is 5.43. The van der Waals surface area contributed by atoms with Gasteiger partial charge in [0.1, 0.15) is 17.0 Å². The third-order valence-electron chi connectivity index (χ3n) is 2.30. The van der Waals surface area contributed by atoms with Crippen molar-refractivity contribution in [3.63, 3.8) is 0 Å². The van der Waals surface area contributed by atoms with E-state index in [-0.39, 0.29) is 16.6 Å². The van der Waals surface area contributed by atoms with Crippen molar-refractivity contribution in [3.05, 3.63) is 56.2 Å². The highest BCUT2D eigenvalue weighted by Gasteiger charge is 2.13. The Bertz CT molecular complexity index is 647. The minimum atomic E-state index is -0.582. The number of nitro groups is 1. The zero-order valence-corrected chi connectivity index (χ0v) is 11.3. The molecule has 5 nitrogen and oxygen atoms in total. The van der Waals surface area contributed by atoms with Gasteiger partial charge in [0.2, 0.25) is 5.88 Å². The highest BCUT2D eigenvalue weighted by atomic mass is 35.5. The van der Waals surface area contributed by atoms with Gasteiger partial charge in [0, 0.05) is 6.07 Å². The molecule has 2 rings (SSSR count). The summed E-state index contributed by atoms with van der Waals surface area (Å²) in [6.07, 6.45) is 1.07. The zero-order valence-electron chi connectivity index (χ0n) is 9.76. The Morgan fingerprint density at radius 2 is 2.00 bits per heavy atom. The zero-order chi connectivity index (χ0) is 14.0. The van der Waals surface area contributed by atoms with Crippen LogP contribution in [0.5, 0.6) is 11.6 Å². The van der Waals surface area contributed by atoms with Crippen LogP contribution in [0.4, 0.5) is 5.69 Å². The molecule has 0 spiro atoms. The Balaban J connectivity index is 2.31. The maximum atomic E-state index is 10.6. The molecule has 19 heavy (non-hydrogen) atoms. The summed E-state index contributed by atoms with van der Waals surface area (Å²) in [6, 6.07) is 6.40. The molecule has 0 aliphatic rings. The number of aryl methyl sites for hydroxylation is 1. The first-order chi connectivity index (χ1) is 8.97. The number of halogens is 2. The van der Waals surface area contributed by atoms with E-state index in [1.54, 1.807) is 12.1 Å². The van der Waals surface area contributed by atoms with E-state index in [2.05, 4.69) is 4.98 Å². The third-order valence-corrected chi connectivity index (χ3v) is 2.86. The topological polar surface area (TPSA) is 65.3 Å². The van der Waals surface area contributed by atoms with Crippen molar-refractivity contribution in [2.24, 2.45) is 0 Å². The van der Waals surface area contributed by atoms with Gasteiger partial charge < -0.3 is 4.74 Å². The molecule has 0 unspecified atom stereocenters. The SMILES string of the molecule is Cc1ccc(Oc2ncc([N+](=O)[O-])cc2Cl)c(Cl)c1. The highest BCUT2D eigenvalue weighted by Crippen LogP contribution is 2.33. The van der Waals surface area contributed by atoms with Gasteiger partial charge in [-0.3, -0.25) is 10.1 Å². The lowest BCUT2D eigenvalue weighted by atomic mass is 10.2. The molecule has 0 fully saturated rings. The van der Waals surface area contributed by atoms with Crippen LogP contribution < -0.4 is 4.74 Å². The summed E-state index contributed by atoms with van der Waals surface area (Å²) in [5, 5.41) is 11.0. The predicted octanol–water partition coefficient (Wildman–Crippen LogP) is 4.40. The molecule has 0 N–H and O–H groups in total. The van der Waals surface area contributed by atoms with Gasteiger partial charge >= 0.3 is 0 Å². The van der Waals surface area contributed by atoms with Crippen LogP contribution in [0.3, 0.4) is 0 Å². The van der Waals surface area contributed by atoms with E-state index >= 15 is 0 Å². The molecule has 0 bridgehead atoms. The third kappa shape index (κ3) is 3.13. The standard InChI is InChI=1S/C12H8Cl2N2O3/c1-7-2-3-11(9(13)4-7)19-12-10(14)5-8(6-15-12)16(17)18/h2-6H,1H3. The van der Waals surface area contributed by atoms with Gasteiger partial charge in [-0.15, -0.1) is 0 Å². The fourth-order valence-corrected chi connectivity index (χ4v) is 1.86. The second-order valence-electron chi connectivity index (χ2n) is 3.77. The van der Waals surface area contributed by atoms with Gasteiger partial charge in [-0.2, -0.15) is 0 Å². The Morgan fingerprint density at radius 3 is 2.58 bits per heavy atom. The van der Waals surface area contributed by atoms with Gasteiger partial charge in [0.25, 0.3) is 5.69 Å². The molecule has 1 aromatic heterocycles. The molecule has 1 heterocycles. The predicted molar refractivity (Wildman–Crippen MR) is 72.2 cm³/mol. The average Bonchev–Trinajstić information content (AvgIpc) is 2.34. The van der Waals surface area contributed by atoms with Crippen LogP contribution >= 0.6 is 23.2 Å². The minimum absolute atomic E-state index is 0.0471. The number of aromatic nitrogens is 1. The monoisotopic (exact) mass is 298 g/mol. The fraction of sp³-hybridized carbons (Fsp3) is 0.0833. The number of hydrogen-bond donors (Lipinski definition) is 0. The molecular weight excluding hydrogens is 291 g/mol. The molecule has 2 aromatic rings. The van der Waals surface area contributed by atoms with Crippen LogP contribution in [0.15, 0.2) is 30.5 Å². The summed E-state index contributed by atoms with van der Waals surface area (Å²) in [5.74, 6) is 0.452. The molecule has 7 heteroatoms. The summed E-state index contributed by atoms with van der Waals surface area (Å²) in [5.41, 5.74) is 0.785. The molecule has 0 saturated carbocycles. The minimum Gasteiger partial charge on any atom is -0.436 e. The summed E-state index contributed by atoms with van der Waals surface area (Å²) in [4.78, 5) is 13.8. The lowest BCUT2D eigenvalue weighted by molar-refractivity contribution is -0.385. The van der Waals surface area contributed by atoms with Crippen LogP contribution in [0.25, 0.3) is 0 Å². The number of rotatable bonds is 3. The van der Waals surface area contributed by atoms with Gasteiger partial charge in [0.05, 0.1) is 9.95 Å². The van der Waals surface area contributed by atoms with E-state index in [9.17, 15) is 10.1 Å². The van der Waals surface area contributed by atoms with Crippen LogP contribution in [-0.2, 0) is 0 Å². The summed E-state index contributed by atoms with van der Waals surface area (Å²) in [6.45, 7) is 1.90. The van der Waals surface area contributed by atoms with Crippen LogP contribution in [0.1, 0.15) is 5.56 Å². The van der Waals surface area contributed by atoms with Gasteiger partial charge in [-0.05, 0) is 24.6 Å². The van der Waals surface area contributed by atoms with E-state index < -0.39 is 4.92 Å². The quantitative estimate of drug-likeness (QED) is 0.622. The van der Waals surface area contributed by atoms with Crippen LogP contribution in [0, 0.1) is 17.0 Å². The van der Waals surface area contributed by atoms with Crippen molar-refractivity contribution in [2.45, 2.75) is 6.92 Å². The Kier molecular flexibility index (Phi) is 3.87. The molecule has 0 amide bonds. The molecule has 0 aliphatic carbocycles. The van der Waals surface area contributed by atoms with Crippen molar-refractivity contribution in [1.29, 1.82) is 0 Å². The van der Waals surface area contributed by atoms with Gasteiger partial charge in [-0.1, -0.05) is 29.3 Å². The molecule has 0 saturated heterocycles. The number of pyridine rings is 1. The first-order valence-corrected chi connectivity index (χ1v) is 5.97. The van der Waals surface area contributed by atoms with Crippen LogP contribution in [-0.4, -0.2) is 9.91 Å². The van der Waals surface area contributed by atoms with E-state index in [0.29, 0.717) is 10.8 Å². The van der Waals surface area contributed by atoms with E-state index in [4.69, 9.17) is 27.9 Å². The maximum absolute atomic E-state index is 10.6. The molecule has 1 aromatic carbocycles. The first-order valence-electron chi connectivity index (χ1n) is 5.21. The Morgan fingerprint density at radius 1 is 1.26 bits per heavy atom. The number of nitrogens with zero attached hydrogens (tertiary/aromatic N) is 2. The first kappa shape index (κ1) is 13.6. The normalized spacial score (nSPS) is 10.3. The second-order valence-corrected chi connectivity index (χ2v) is 4.59. The maximum Gasteiger partial charge on any atom is 0.289 e. The van der Waals surface area contributed by atoms with Gasteiger partial charge in [-0.25, -0.2) is 4.98 Å². The number of ether oxygens (including phenoxy) is 1. The van der Waals surface area contributed by atoms with E-state index in [1.165, 1.54) is 6.07 Å². The van der Waals surface area contributed by atoms with Crippen molar-refractivity contribution in [3.8, 4) is 11.6 Å². The molecule has 98 valence electrons. The van der Waals surface area contributed by atoms with Gasteiger partial charge in [0.15, 0.2) is 0 Å². The summed E-state index contributed by atoms with van der Waals surface area (Å²) >= 11 is 11.9. The van der Waals surface area contributed by atoms with Crippen molar-refractivity contribution in [2.75, 3.05) is 0 Å². The molecular formula is C12H8Cl2N2O3. The van der Waals surface area contributed by atoms with Crippen molar-refractivity contribution >= 4 is 28.9 Å². The van der Waals surface area contributed by atoms with E-state index in [1.807, 2.05) is 13.0 Å². The lowest BCUT2D eigenvalue weighted by Gasteiger charge is -2.08. The van der Waals surface area contributed by atoms with Crippen LogP contribution in [0.2, 0.25) is 10.0 Å².